The van der Waals surface area contributed by atoms with Gasteiger partial charge in [-0.05, 0) is 63.4 Å². The number of hydrogen-bond donors (Lipinski definition) is 2. The van der Waals surface area contributed by atoms with Gasteiger partial charge in [0.2, 0.25) is 5.91 Å². The summed E-state index contributed by atoms with van der Waals surface area (Å²) in [6.45, 7) is 7.95. The molecule has 0 bridgehead atoms. The second-order valence-corrected chi connectivity index (χ2v) is 12.5. The van der Waals surface area contributed by atoms with Crippen molar-refractivity contribution < 1.29 is 14.3 Å². The van der Waals surface area contributed by atoms with Crippen LogP contribution >= 0.6 is 22.7 Å². The Labute approximate surface area is 235 Å². The Morgan fingerprint density at radius 1 is 1.10 bits per heavy atom. The molecule has 5 rings (SSSR count). The Morgan fingerprint density at radius 2 is 1.95 bits per heavy atom. The molecule has 0 saturated carbocycles. The zero-order chi connectivity index (χ0) is 27.4. The van der Waals surface area contributed by atoms with Crippen LogP contribution in [0.5, 0.6) is 0 Å². The van der Waals surface area contributed by atoms with Crippen LogP contribution in [0, 0.1) is 0 Å². The average molecular weight is 565 g/mol. The molecule has 0 saturated heterocycles. The minimum Gasteiger partial charge on any atom is -0.444 e. The summed E-state index contributed by atoms with van der Waals surface area (Å²) in [5.74, 6) is -0.0597. The lowest BCUT2D eigenvalue weighted by atomic mass is 10.0. The van der Waals surface area contributed by atoms with Crippen LogP contribution < -0.4 is 10.6 Å². The third kappa shape index (κ3) is 6.78. The minimum absolute atomic E-state index is 0.0597. The minimum atomic E-state index is -0.557. The molecule has 39 heavy (non-hydrogen) atoms. The van der Waals surface area contributed by atoms with Crippen LogP contribution in [0.25, 0.3) is 20.8 Å². The van der Waals surface area contributed by atoms with Crippen LogP contribution in [-0.2, 0) is 28.9 Å². The van der Waals surface area contributed by atoms with E-state index in [4.69, 9.17) is 9.72 Å². The molecule has 4 aromatic heterocycles. The van der Waals surface area contributed by atoms with E-state index in [1.807, 2.05) is 45.2 Å². The smallest absolute Gasteiger partial charge is 0.410 e. The van der Waals surface area contributed by atoms with E-state index in [1.165, 1.54) is 11.3 Å². The SMILES string of the molecule is CC(C)(C)OC(=O)N1CCc2c(sc(NC(=O)CCNCCc3cccnc3)c2-c2nc3cnccc3s2)C1. The summed E-state index contributed by atoms with van der Waals surface area (Å²) < 4.78 is 6.65. The van der Waals surface area contributed by atoms with Crippen molar-refractivity contribution in [3.63, 3.8) is 0 Å². The molecule has 0 spiro atoms. The van der Waals surface area contributed by atoms with Crippen molar-refractivity contribution in [2.75, 3.05) is 25.0 Å². The number of anilines is 1. The van der Waals surface area contributed by atoms with Gasteiger partial charge in [0, 0.05) is 48.5 Å². The molecule has 9 nitrogen and oxygen atoms in total. The predicted octanol–water partition coefficient (Wildman–Crippen LogP) is 5.27. The first-order chi connectivity index (χ1) is 18.8. The molecule has 2 amide bonds. The number of nitrogens with zero attached hydrogens (tertiary/aromatic N) is 4. The average Bonchev–Trinajstić information content (AvgIpc) is 3.48. The highest BCUT2D eigenvalue weighted by atomic mass is 32.1. The number of aromatic nitrogens is 3. The predicted molar refractivity (Wildman–Crippen MR) is 155 cm³/mol. The Bertz CT molecular complexity index is 1430. The van der Waals surface area contributed by atoms with Gasteiger partial charge in [0.1, 0.15) is 21.1 Å². The number of nitrogens with one attached hydrogen (secondary N) is 2. The van der Waals surface area contributed by atoms with E-state index in [0.29, 0.717) is 32.5 Å². The number of pyridine rings is 2. The maximum absolute atomic E-state index is 13.0. The third-order valence-electron chi connectivity index (χ3n) is 6.21. The summed E-state index contributed by atoms with van der Waals surface area (Å²) in [5.41, 5.74) is 3.53. The van der Waals surface area contributed by atoms with Crippen LogP contribution in [-0.4, -0.2) is 57.1 Å². The molecular weight excluding hydrogens is 532 g/mol. The number of amides is 2. The number of rotatable bonds is 8. The molecule has 2 N–H and O–H groups in total. The fraction of sp³-hybridized carbons (Fsp3) is 0.393. The van der Waals surface area contributed by atoms with Gasteiger partial charge in [-0.25, -0.2) is 9.78 Å². The molecule has 4 aromatic rings. The molecule has 11 heteroatoms. The first-order valence-corrected chi connectivity index (χ1v) is 14.6. The summed E-state index contributed by atoms with van der Waals surface area (Å²) in [7, 11) is 0. The van der Waals surface area contributed by atoms with E-state index >= 15 is 0 Å². The molecule has 1 aliphatic heterocycles. The largest absolute Gasteiger partial charge is 0.444 e. The normalized spacial score (nSPS) is 13.4. The van der Waals surface area contributed by atoms with Crippen LogP contribution in [0.1, 0.15) is 43.2 Å². The summed E-state index contributed by atoms with van der Waals surface area (Å²) in [5, 5.41) is 8.12. The molecular formula is C28H32N6O3S2. The van der Waals surface area contributed by atoms with Gasteiger partial charge in [-0.2, -0.15) is 0 Å². The Kier molecular flexibility index (Phi) is 8.20. The Hall–Kier alpha value is -3.41. The van der Waals surface area contributed by atoms with E-state index in [2.05, 4.69) is 20.6 Å². The number of ether oxygens (including phenoxy) is 1. The quantitative estimate of drug-likeness (QED) is 0.281. The maximum atomic E-state index is 13.0. The van der Waals surface area contributed by atoms with E-state index in [1.54, 1.807) is 34.8 Å². The Balaban J connectivity index is 1.31. The van der Waals surface area contributed by atoms with Crippen LogP contribution in [0.4, 0.5) is 9.80 Å². The Morgan fingerprint density at radius 3 is 2.72 bits per heavy atom. The van der Waals surface area contributed by atoms with E-state index in [-0.39, 0.29) is 12.0 Å². The number of thiophene rings is 1. The van der Waals surface area contributed by atoms with Gasteiger partial charge in [-0.1, -0.05) is 6.07 Å². The van der Waals surface area contributed by atoms with Gasteiger partial charge >= 0.3 is 6.09 Å². The summed E-state index contributed by atoms with van der Waals surface area (Å²) >= 11 is 3.11. The molecule has 5 heterocycles. The number of hydrogen-bond acceptors (Lipinski definition) is 9. The van der Waals surface area contributed by atoms with Crippen molar-refractivity contribution in [1.82, 2.24) is 25.2 Å². The first kappa shape index (κ1) is 27.2. The fourth-order valence-corrected chi connectivity index (χ4v) is 6.74. The van der Waals surface area contributed by atoms with Crippen molar-refractivity contribution in [2.24, 2.45) is 0 Å². The van der Waals surface area contributed by atoms with Gasteiger partial charge in [-0.3, -0.25) is 14.8 Å². The van der Waals surface area contributed by atoms with Crippen molar-refractivity contribution in [3.8, 4) is 10.6 Å². The standard InChI is InChI=1S/C28H32N6O3S2/c1-28(2,3)37-27(36)34-14-9-19-22(17-34)39-26(24(19)25-32-20-16-31-12-7-21(20)38-25)33-23(35)8-13-29-11-6-18-5-4-10-30-15-18/h4-5,7,10,12,15-16,29H,6,8-9,11,13-14,17H2,1-3H3,(H,33,35). The van der Waals surface area contributed by atoms with Gasteiger partial charge in [-0.15, -0.1) is 22.7 Å². The van der Waals surface area contributed by atoms with Crippen LogP contribution in [0.15, 0.2) is 43.0 Å². The molecule has 1 aliphatic rings. The monoisotopic (exact) mass is 564 g/mol. The zero-order valence-corrected chi connectivity index (χ0v) is 24.0. The number of fused-ring (bicyclic) bond motifs is 2. The van der Waals surface area contributed by atoms with Crippen LogP contribution in [0.2, 0.25) is 0 Å². The van der Waals surface area contributed by atoms with E-state index in [9.17, 15) is 9.59 Å². The van der Waals surface area contributed by atoms with E-state index < -0.39 is 5.60 Å². The van der Waals surface area contributed by atoms with Gasteiger partial charge in [0.25, 0.3) is 0 Å². The molecule has 0 atom stereocenters. The number of carbonyl (C=O) groups is 2. The second kappa shape index (κ2) is 11.8. The van der Waals surface area contributed by atoms with Gasteiger partial charge in [0.05, 0.1) is 17.4 Å². The maximum Gasteiger partial charge on any atom is 0.410 e. The lowest BCUT2D eigenvalue weighted by Gasteiger charge is -2.30. The highest BCUT2D eigenvalue weighted by molar-refractivity contribution is 7.22. The van der Waals surface area contributed by atoms with Crippen molar-refractivity contribution in [3.05, 3.63) is 59.0 Å². The molecule has 0 radical (unpaired) electrons. The molecule has 0 aliphatic carbocycles. The summed E-state index contributed by atoms with van der Waals surface area (Å²) in [4.78, 5) is 41.7. The number of thiazole rings is 1. The van der Waals surface area contributed by atoms with Crippen molar-refractivity contribution in [1.29, 1.82) is 0 Å². The molecule has 0 aromatic carbocycles. The summed E-state index contributed by atoms with van der Waals surface area (Å²) in [6.07, 6.45) is 8.69. The van der Waals surface area contributed by atoms with E-state index in [0.717, 1.165) is 54.8 Å². The first-order valence-electron chi connectivity index (χ1n) is 13.0. The molecule has 0 fully saturated rings. The molecule has 204 valence electrons. The topological polar surface area (TPSA) is 109 Å². The van der Waals surface area contributed by atoms with Crippen molar-refractivity contribution in [2.45, 2.75) is 52.2 Å². The van der Waals surface area contributed by atoms with Crippen molar-refractivity contribution >= 4 is 49.9 Å². The third-order valence-corrected chi connectivity index (χ3v) is 8.39. The second-order valence-electron chi connectivity index (χ2n) is 10.4. The summed E-state index contributed by atoms with van der Waals surface area (Å²) in [6, 6.07) is 5.92. The zero-order valence-electron chi connectivity index (χ0n) is 22.3. The molecule has 0 unspecified atom stereocenters. The van der Waals surface area contributed by atoms with Crippen LogP contribution in [0.3, 0.4) is 0 Å². The fourth-order valence-electron chi connectivity index (χ4n) is 4.38. The number of carbonyl (C=O) groups excluding carboxylic acids is 2. The lowest BCUT2D eigenvalue weighted by Crippen LogP contribution is -2.39. The highest BCUT2D eigenvalue weighted by Gasteiger charge is 2.31. The lowest BCUT2D eigenvalue weighted by molar-refractivity contribution is -0.116. The van der Waals surface area contributed by atoms with Gasteiger partial charge < -0.3 is 20.3 Å². The highest BCUT2D eigenvalue weighted by Crippen LogP contribution is 2.45. The van der Waals surface area contributed by atoms with Gasteiger partial charge in [0.15, 0.2) is 0 Å².